The quantitative estimate of drug-likeness (QED) is 0.895. The van der Waals surface area contributed by atoms with Gasteiger partial charge in [-0.1, -0.05) is 0 Å². The average Bonchev–Trinajstić information content (AvgIpc) is 3.00. The number of carboxylic acid groups (broad SMARTS) is 1. The van der Waals surface area contributed by atoms with E-state index in [1.54, 1.807) is 11.8 Å². The summed E-state index contributed by atoms with van der Waals surface area (Å²) in [4.78, 5) is 25.0. The van der Waals surface area contributed by atoms with Crippen molar-refractivity contribution in [2.24, 2.45) is 0 Å². The van der Waals surface area contributed by atoms with Gasteiger partial charge in [0, 0.05) is 13.1 Å². The van der Waals surface area contributed by atoms with Crippen molar-refractivity contribution in [3.8, 4) is 11.5 Å². The Kier molecular flexibility index (Phi) is 4.67. The second kappa shape index (κ2) is 6.47. The highest BCUT2D eigenvalue weighted by Crippen LogP contribution is 2.29. The van der Waals surface area contributed by atoms with Gasteiger partial charge in [-0.3, -0.25) is 4.79 Å². The largest absolute Gasteiger partial charge is 0.493 e. The van der Waals surface area contributed by atoms with Crippen molar-refractivity contribution >= 4 is 11.9 Å². The number of rotatable bonds is 5. The molecule has 1 fully saturated rings. The second-order valence-electron chi connectivity index (χ2n) is 4.96. The molecule has 1 amide bonds. The molecule has 1 atom stereocenters. The molecule has 0 bridgehead atoms. The summed E-state index contributed by atoms with van der Waals surface area (Å²) in [6.45, 7) is 3.16. The molecule has 2 rings (SSSR count). The second-order valence-corrected chi connectivity index (χ2v) is 4.96. The molecule has 114 valence electrons. The van der Waals surface area contributed by atoms with Crippen molar-refractivity contribution in [3.63, 3.8) is 0 Å². The number of hydrogen-bond donors (Lipinski definition) is 1. The fourth-order valence-electron chi connectivity index (χ4n) is 2.34. The Labute approximate surface area is 123 Å². The van der Waals surface area contributed by atoms with Crippen LogP contribution in [0.1, 0.15) is 30.1 Å². The molecule has 0 spiro atoms. The van der Waals surface area contributed by atoms with E-state index in [9.17, 15) is 9.59 Å². The molecule has 21 heavy (non-hydrogen) atoms. The number of benzene rings is 1. The Morgan fingerprint density at radius 3 is 2.48 bits per heavy atom. The van der Waals surface area contributed by atoms with Gasteiger partial charge in [-0.2, -0.15) is 0 Å². The van der Waals surface area contributed by atoms with Crippen LogP contribution in [0.3, 0.4) is 0 Å². The molecule has 1 aromatic carbocycles. The molecular formula is C15H19NO5. The normalized spacial score (nSPS) is 15.6. The standard InChI is InChI=1S/C15H19NO5/c1-10(14(17)16-7-3-4-8-16)21-13-9-11(15(18)19)5-6-12(13)20-2/h5-6,9-10H,3-4,7-8H2,1-2H3,(H,18,19). The van der Waals surface area contributed by atoms with Crippen LogP contribution in [0.25, 0.3) is 0 Å². The molecule has 6 nitrogen and oxygen atoms in total. The van der Waals surface area contributed by atoms with Crippen molar-refractivity contribution in [1.29, 1.82) is 0 Å². The van der Waals surface area contributed by atoms with E-state index >= 15 is 0 Å². The number of likely N-dealkylation sites (tertiary alicyclic amines) is 1. The van der Waals surface area contributed by atoms with Crippen LogP contribution in [0.4, 0.5) is 0 Å². The number of amides is 1. The zero-order chi connectivity index (χ0) is 15.4. The molecule has 1 N–H and O–H groups in total. The lowest BCUT2D eigenvalue weighted by molar-refractivity contribution is -0.136. The summed E-state index contributed by atoms with van der Waals surface area (Å²) in [6, 6.07) is 4.32. The van der Waals surface area contributed by atoms with E-state index in [2.05, 4.69) is 0 Å². The van der Waals surface area contributed by atoms with Crippen molar-refractivity contribution in [2.45, 2.75) is 25.9 Å². The van der Waals surface area contributed by atoms with Gasteiger partial charge in [0.15, 0.2) is 17.6 Å². The lowest BCUT2D eigenvalue weighted by atomic mass is 10.2. The molecule has 6 heteroatoms. The lowest BCUT2D eigenvalue weighted by Gasteiger charge is -2.22. The summed E-state index contributed by atoms with van der Waals surface area (Å²) in [7, 11) is 1.47. The minimum absolute atomic E-state index is 0.0877. The Balaban J connectivity index is 2.14. The number of carboxylic acids is 1. The number of ether oxygens (including phenoxy) is 2. The summed E-state index contributed by atoms with van der Waals surface area (Å²) in [5, 5.41) is 9.02. The van der Waals surface area contributed by atoms with Crippen LogP contribution in [0.5, 0.6) is 11.5 Å². The number of methoxy groups -OCH3 is 1. The monoisotopic (exact) mass is 293 g/mol. The topological polar surface area (TPSA) is 76.1 Å². The van der Waals surface area contributed by atoms with Crippen LogP contribution in [-0.4, -0.2) is 48.2 Å². The van der Waals surface area contributed by atoms with Gasteiger partial charge < -0.3 is 19.5 Å². The Hall–Kier alpha value is -2.24. The maximum Gasteiger partial charge on any atom is 0.335 e. The number of carbonyl (C=O) groups excluding carboxylic acids is 1. The predicted molar refractivity (Wildman–Crippen MR) is 75.9 cm³/mol. The molecule has 1 aromatic rings. The van der Waals surface area contributed by atoms with Crippen LogP contribution < -0.4 is 9.47 Å². The highest BCUT2D eigenvalue weighted by Gasteiger charge is 2.25. The fraction of sp³-hybridized carbons (Fsp3) is 0.467. The minimum Gasteiger partial charge on any atom is -0.493 e. The SMILES string of the molecule is COc1ccc(C(=O)O)cc1OC(C)C(=O)N1CCCC1. The summed E-state index contributed by atoms with van der Waals surface area (Å²) in [5.41, 5.74) is 0.0895. The fourth-order valence-corrected chi connectivity index (χ4v) is 2.34. The first-order valence-corrected chi connectivity index (χ1v) is 6.89. The van der Waals surface area contributed by atoms with Gasteiger partial charge in [-0.15, -0.1) is 0 Å². The highest BCUT2D eigenvalue weighted by molar-refractivity contribution is 5.88. The Morgan fingerprint density at radius 2 is 1.90 bits per heavy atom. The van der Waals surface area contributed by atoms with E-state index in [4.69, 9.17) is 14.6 Å². The Morgan fingerprint density at radius 1 is 1.24 bits per heavy atom. The van der Waals surface area contributed by atoms with E-state index in [-0.39, 0.29) is 17.2 Å². The molecular weight excluding hydrogens is 274 g/mol. The maximum atomic E-state index is 12.2. The number of hydrogen-bond acceptors (Lipinski definition) is 4. The highest BCUT2D eigenvalue weighted by atomic mass is 16.5. The molecule has 1 aliphatic rings. The summed E-state index contributed by atoms with van der Waals surface area (Å²) in [6.07, 6.45) is 1.34. The first kappa shape index (κ1) is 15.2. The van der Waals surface area contributed by atoms with Crippen LogP contribution in [-0.2, 0) is 4.79 Å². The van der Waals surface area contributed by atoms with Crippen molar-refractivity contribution < 1.29 is 24.2 Å². The van der Waals surface area contributed by atoms with Gasteiger partial charge in [-0.25, -0.2) is 4.79 Å². The van der Waals surface area contributed by atoms with Crippen molar-refractivity contribution in [1.82, 2.24) is 4.90 Å². The molecule has 1 heterocycles. The van der Waals surface area contributed by atoms with E-state index < -0.39 is 12.1 Å². The van der Waals surface area contributed by atoms with E-state index in [0.717, 1.165) is 25.9 Å². The third-order valence-electron chi connectivity index (χ3n) is 3.48. The molecule has 1 unspecified atom stereocenters. The van der Waals surface area contributed by atoms with E-state index in [0.29, 0.717) is 5.75 Å². The smallest absolute Gasteiger partial charge is 0.335 e. The average molecular weight is 293 g/mol. The van der Waals surface area contributed by atoms with Gasteiger partial charge in [0.2, 0.25) is 0 Å². The van der Waals surface area contributed by atoms with Crippen LogP contribution in [0.2, 0.25) is 0 Å². The zero-order valence-corrected chi connectivity index (χ0v) is 12.2. The van der Waals surface area contributed by atoms with Gasteiger partial charge in [0.25, 0.3) is 5.91 Å². The van der Waals surface area contributed by atoms with Crippen LogP contribution >= 0.6 is 0 Å². The van der Waals surface area contributed by atoms with Gasteiger partial charge in [0.05, 0.1) is 12.7 Å². The third-order valence-corrected chi connectivity index (χ3v) is 3.48. The molecule has 0 radical (unpaired) electrons. The molecule has 0 saturated carbocycles. The van der Waals surface area contributed by atoms with Crippen LogP contribution in [0, 0.1) is 0 Å². The maximum absolute atomic E-state index is 12.2. The van der Waals surface area contributed by atoms with E-state index in [1.165, 1.54) is 25.3 Å². The Bertz CT molecular complexity index is 537. The first-order chi connectivity index (χ1) is 10.0. The molecule has 1 aliphatic heterocycles. The third kappa shape index (κ3) is 3.45. The molecule has 0 aromatic heterocycles. The number of aromatic carboxylic acids is 1. The van der Waals surface area contributed by atoms with Crippen molar-refractivity contribution in [2.75, 3.05) is 20.2 Å². The summed E-state index contributed by atoms with van der Waals surface area (Å²) in [5.74, 6) is -0.477. The number of nitrogens with zero attached hydrogens (tertiary/aromatic N) is 1. The van der Waals surface area contributed by atoms with Crippen molar-refractivity contribution in [3.05, 3.63) is 23.8 Å². The number of carbonyl (C=O) groups is 2. The minimum atomic E-state index is -1.05. The first-order valence-electron chi connectivity index (χ1n) is 6.89. The van der Waals surface area contributed by atoms with E-state index in [1.807, 2.05) is 0 Å². The lowest BCUT2D eigenvalue weighted by Crippen LogP contribution is -2.38. The van der Waals surface area contributed by atoms with Gasteiger partial charge in [0.1, 0.15) is 0 Å². The summed E-state index contributed by atoms with van der Waals surface area (Å²) < 4.78 is 10.8. The predicted octanol–water partition coefficient (Wildman–Crippen LogP) is 1.78. The molecule has 0 aliphatic carbocycles. The van der Waals surface area contributed by atoms with Crippen LogP contribution in [0.15, 0.2) is 18.2 Å². The zero-order valence-electron chi connectivity index (χ0n) is 12.2. The molecule has 1 saturated heterocycles. The summed E-state index contributed by atoms with van der Waals surface area (Å²) >= 11 is 0. The van der Waals surface area contributed by atoms with Gasteiger partial charge >= 0.3 is 5.97 Å². The van der Waals surface area contributed by atoms with Gasteiger partial charge in [-0.05, 0) is 38.0 Å².